The molecule has 0 aliphatic carbocycles. The van der Waals surface area contributed by atoms with Crippen molar-refractivity contribution in [1.29, 1.82) is 0 Å². The summed E-state index contributed by atoms with van der Waals surface area (Å²) in [6.45, 7) is 0.766. The Labute approximate surface area is 161 Å². The molecule has 5 rings (SSSR count). The second kappa shape index (κ2) is 6.53. The van der Waals surface area contributed by atoms with Crippen LogP contribution in [-0.2, 0) is 0 Å². The van der Waals surface area contributed by atoms with Crippen molar-refractivity contribution in [2.75, 3.05) is 13.2 Å². The summed E-state index contributed by atoms with van der Waals surface area (Å²) in [6.07, 6.45) is 0.574. The van der Waals surface area contributed by atoms with Gasteiger partial charge in [-0.2, -0.15) is 0 Å². The SMILES string of the molecule is O=C1c2ccccc2C(=O)N1CCCOc1cccc2[nH]c3ccccc3c12. The standard InChI is InChI=1S/C23H18N2O3/c26-22-15-7-1-2-8-16(15)23(27)25(22)13-6-14-28-20-12-5-11-19-21(20)17-9-3-4-10-18(17)24-19/h1-5,7-12,24H,6,13-14H2. The molecule has 0 unspecified atom stereocenters. The number of nitrogens with one attached hydrogen (secondary N) is 1. The maximum atomic E-state index is 12.4. The lowest BCUT2D eigenvalue weighted by Gasteiger charge is -2.14. The molecule has 1 aliphatic heterocycles. The lowest BCUT2D eigenvalue weighted by molar-refractivity contribution is 0.0647. The third-order valence-corrected chi connectivity index (χ3v) is 5.15. The maximum absolute atomic E-state index is 12.4. The molecule has 0 spiro atoms. The van der Waals surface area contributed by atoms with Crippen LogP contribution in [0.25, 0.3) is 21.8 Å². The van der Waals surface area contributed by atoms with Gasteiger partial charge in [-0.3, -0.25) is 14.5 Å². The summed E-state index contributed by atoms with van der Waals surface area (Å²) in [5.74, 6) is 0.357. The fourth-order valence-electron chi connectivity index (χ4n) is 3.84. The number of fused-ring (bicyclic) bond motifs is 4. The van der Waals surface area contributed by atoms with Crippen molar-refractivity contribution in [2.45, 2.75) is 6.42 Å². The lowest BCUT2D eigenvalue weighted by Crippen LogP contribution is -2.31. The molecule has 3 aromatic carbocycles. The number of aromatic nitrogens is 1. The van der Waals surface area contributed by atoms with Gasteiger partial charge < -0.3 is 9.72 Å². The molecular weight excluding hydrogens is 352 g/mol. The normalized spacial score (nSPS) is 13.5. The molecule has 0 saturated heterocycles. The summed E-state index contributed by atoms with van der Waals surface area (Å²) in [7, 11) is 0. The van der Waals surface area contributed by atoms with E-state index in [0.29, 0.717) is 30.7 Å². The number of hydrogen-bond donors (Lipinski definition) is 1. The van der Waals surface area contributed by atoms with Gasteiger partial charge in [0.1, 0.15) is 5.75 Å². The molecule has 0 radical (unpaired) electrons. The molecule has 28 heavy (non-hydrogen) atoms. The average Bonchev–Trinajstić information content (AvgIpc) is 3.22. The van der Waals surface area contributed by atoms with Crippen molar-refractivity contribution in [1.82, 2.24) is 9.88 Å². The molecule has 2 amide bonds. The first-order valence-electron chi connectivity index (χ1n) is 9.31. The van der Waals surface area contributed by atoms with Crippen LogP contribution in [0.4, 0.5) is 0 Å². The van der Waals surface area contributed by atoms with Crippen LogP contribution in [0.1, 0.15) is 27.1 Å². The first-order chi connectivity index (χ1) is 13.7. The molecule has 0 atom stereocenters. The summed E-state index contributed by atoms with van der Waals surface area (Å²) in [6, 6.07) is 21.0. The van der Waals surface area contributed by atoms with Gasteiger partial charge >= 0.3 is 0 Å². The Bertz CT molecular complexity index is 1190. The second-order valence-electron chi connectivity index (χ2n) is 6.86. The van der Waals surface area contributed by atoms with Crippen molar-refractivity contribution in [3.8, 4) is 5.75 Å². The zero-order valence-electron chi connectivity index (χ0n) is 15.1. The van der Waals surface area contributed by atoms with E-state index >= 15 is 0 Å². The maximum Gasteiger partial charge on any atom is 0.261 e. The van der Waals surface area contributed by atoms with Gasteiger partial charge in [0.25, 0.3) is 11.8 Å². The molecule has 4 aromatic rings. The Kier molecular flexibility index (Phi) is 3.86. The summed E-state index contributed by atoms with van der Waals surface area (Å²) in [4.78, 5) is 29.5. The molecule has 1 N–H and O–H groups in total. The van der Waals surface area contributed by atoms with Crippen LogP contribution in [0.5, 0.6) is 5.75 Å². The van der Waals surface area contributed by atoms with Crippen molar-refractivity contribution >= 4 is 33.6 Å². The molecule has 1 aliphatic rings. The van der Waals surface area contributed by atoms with Crippen molar-refractivity contribution in [2.24, 2.45) is 0 Å². The predicted molar refractivity (Wildman–Crippen MR) is 108 cm³/mol. The number of carbonyl (C=O) groups excluding carboxylic acids is 2. The zero-order valence-corrected chi connectivity index (χ0v) is 15.1. The Morgan fingerprint density at radius 2 is 1.46 bits per heavy atom. The number of nitrogens with zero attached hydrogens (tertiary/aromatic N) is 1. The third-order valence-electron chi connectivity index (χ3n) is 5.15. The van der Waals surface area contributed by atoms with Crippen LogP contribution in [0.2, 0.25) is 0 Å². The Hall–Kier alpha value is -3.60. The summed E-state index contributed by atoms with van der Waals surface area (Å²) in [5, 5.41) is 2.17. The van der Waals surface area contributed by atoms with E-state index in [1.807, 2.05) is 36.4 Å². The van der Waals surface area contributed by atoms with Crippen molar-refractivity contribution in [3.05, 3.63) is 77.9 Å². The molecule has 2 heterocycles. The van der Waals surface area contributed by atoms with Gasteiger partial charge in [0.05, 0.1) is 23.3 Å². The van der Waals surface area contributed by atoms with Crippen molar-refractivity contribution < 1.29 is 14.3 Å². The number of hydrogen-bond acceptors (Lipinski definition) is 3. The number of imide groups is 1. The van der Waals surface area contributed by atoms with Crippen LogP contribution in [0, 0.1) is 0 Å². The number of amides is 2. The minimum atomic E-state index is -0.223. The minimum absolute atomic E-state index is 0.223. The third kappa shape index (κ3) is 2.55. The molecule has 0 saturated carbocycles. The number of para-hydroxylation sites is 1. The Balaban J connectivity index is 1.30. The topological polar surface area (TPSA) is 62.4 Å². The van der Waals surface area contributed by atoms with Gasteiger partial charge in [0, 0.05) is 22.8 Å². The monoisotopic (exact) mass is 370 g/mol. The van der Waals surface area contributed by atoms with Crippen LogP contribution in [0.3, 0.4) is 0 Å². The van der Waals surface area contributed by atoms with E-state index in [1.165, 1.54) is 4.90 Å². The van der Waals surface area contributed by atoms with E-state index in [9.17, 15) is 9.59 Å². The van der Waals surface area contributed by atoms with Gasteiger partial charge in [0.2, 0.25) is 0 Å². The highest BCUT2D eigenvalue weighted by atomic mass is 16.5. The quantitative estimate of drug-likeness (QED) is 0.419. The van der Waals surface area contributed by atoms with E-state index in [1.54, 1.807) is 24.3 Å². The second-order valence-corrected chi connectivity index (χ2v) is 6.86. The minimum Gasteiger partial charge on any atom is -0.493 e. The van der Waals surface area contributed by atoms with Gasteiger partial charge in [-0.05, 0) is 36.8 Å². The Morgan fingerprint density at radius 1 is 0.786 bits per heavy atom. The number of aromatic amines is 1. The van der Waals surface area contributed by atoms with Crippen LogP contribution >= 0.6 is 0 Å². The smallest absolute Gasteiger partial charge is 0.261 e. The van der Waals surface area contributed by atoms with E-state index in [2.05, 4.69) is 11.1 Å². The number of rotatable bonds is 5. The molecule has 0 fully saturated rings. The summed E-state index contributed by atoms with van der Waals surface area (Å²) >= 11 is 0. The molecule has 5 heteroatoms. The first kappa shape index (κ1) is 16.6. The molecule has 138 valence electrons. The molecule has 0 bridgehead atoms. The van der Waals surface area contributed by atoms with E-state index in [4.69, 9.17) is 4.74 Å². The average molecular weight is 370 g/mol. The number of ether oxygens (including phenoxy) is 1. The van der Waals surface area contributed by atoms with Crippen LogP contribution < -0.4 is 4.74 Å². The van der Waals surface area contributed by atoms with Crippen LogP contribution in [0.15, 0.2) is 66.7 Å². The predicted octanol–water partition coefficient (Wildman–Crippen LogP) is 4.39. The van der Waals surface area contributed by atoms with Crippen molar-refractivity contribution in [3.63, 3.8) is 0 Å². The number of benzene rings is 3. The summed E-state index contributed by atoms with van der Waals surface area (Å²) < 4.78 is 6.02. The van der Waals surface area contributed by atoms with E-state index in [0.717, 1.165) is 27.6 Å². The molecule has 5 nitrogen and oxygen atoms in total. The highest BCUT2D eigenvalue weighted by Gasteiger charge is 2.34. The van der Waals surface area contributed by atoms with Gasteiger partial charge in [0.15, 0.2) is 0 Å². The summed E-state index contributed by atoms with van der Waals surface area (Å²) in [5.41, 5.74) is 3.06. The highest BCUT2D eigenvalue weighted by Crippen LogP contribution is 2.33. The Morgan fingerprint density at radius 3 is 2.25 bits per heavy atom. The van der Waals surface area contributed by atoms with Gasteiger partial charge in [-0.1, -0.05) is 36.4 Å². The highest BCUT2D eigenvalue weighted by molar-refractivity contribution is 6.21. The lowest BCUT2D eigenvalue weighted by atomic mass is 10.1. The van der Waals surface area contributed by atoms with Gasteiger partial charge in [-0.25, -0.2) is 0 Å². The number of H-pyrrole nitrogens is 1. The fourth-order valence-corrected chi connectivity index (χ4v) is 3.84. The number of carbonyl (C=O) groups is 2. The fraction of sp³-hybridized carbons (Fsp3) is 0.130. The zero-order chi connectivity index (χ0) is 19.1. The largest absolute Gasteiger partial charge is 0.493 e. The molecule has 1 aromatic heterocycles. The molecular formula is C23H18N2O3. The van der Waals surface area contributed by atoms with Crippen LogP contribution in [-0.4, -0.2) is 34.8 Å². The van der Waals surface area contributed by atoms with E-state index in [-0.39, 0.29) is 11.8 Å². The van der Waals surface area contributed by atoms with Gasteiger partial charge in [-0.15, -0.1) is 0 Å². The first-order valence-corrected chi connectivity index (χ1v) is 9.31. The van der Waals surface area contributed by atoms with E-state index < -0.39 is 0 Å².